The van der Waals surface area contributed by atoms with E-state index in [1.165, 1.54) is 0 Å². The van der Waals surface area contributed by atoms with Gasteiger partial charge in [0.1, 0.15) is 11.6 Å². The number of hydrogen-bond acceptors (Lipinski definition) is 5. The van der Waals surface area contributed by atoms with Crippen molar-refractivity contribution in [2.24, 2.45) is 0 Å². The van der Waals surface area contributed by atoms with Gasteiger partial charge >= 0.3 is 0 Å². The average Bonchev–Trinajstić information content (AvgIpc) is 2.96. The van der Waals surface area contributed by atoms with E-state index in [0.717, 1.165) is 11.3 Å². The molecule has 0 aliphatic rings. The highest BCUT2D eigenvalue weighted by atomic mass is 16.5. The predicted octanol–water partition coefficient (Wildman–Crippen LogP) is 1.82. The van der Waals surface area contributed by atoms with Crippen LogP contribution in [0.5, 0.6) is 0 Å². The van der Waals surface area contributed by atoms with Gasteiger partial charge in [0.15, 0.2) is 5.65 Å². The average molecular weight is 285 g/mol. The van der Waals surface area contributed by atoms with E-state index < -0.39 is 0 Å². The second-order valence-electron chi connectivity index (χ2n) is 4.88. The Labute approximate surface area is 121 Å². The molecule has 0 spiro atoms. The molecule has 0 aromatic carbocycles. The molecule has 0 atom stereocenters. The number of amides is 1. The summed E-state index contributed by atoms with van der Waals surface area (Å²) in [5, 5.41) is 10.9. The normalized spacial score (nSPS) is 11.0. The molecule has 108 valence electrons. The Bertz CT molecular complexity index is 798. The largest absolute Gasteiger partial charge is 0.361 e. The fourth-order valence-electron chi connectivity index (χ4n) is 2.22. The Balaban J connectivity index is 1.84. The van der Waals surface area contributed by atoms with E-state index in [2.05, 4.69) is 20.6 Å². The number of aromatic nitrogens is 4. The van der Waals surface area contributed by atoms with E-state index in [4.69, 9.17) is 4.52 Å². The van der Waals surface area contributed by atoms with Crippen molar-refractivity contribution in [3.05, 3.63) is 41.2 Å². The van der Waals surface area contributed by atoms with Gasteiger partial charge in [-0.25, -0.2) is 9.50 Å². The molecule has 3 heterocycles. The Morgan fingerprint density at radius 1 is 1.38 bits per heavy atom. The number of carbonyl (C=O) groups excluding carboxylic acids is 1. The van der Waals surface area contributed by atoms with Gasteiger partial charge in [-0.05, 0) is 32.9 Å². The highest BCUT2D eigenvalue weighted by molar-refractivity contribution is 5.95. The molecule has 3 aromatic heterocycles. The van der Waals surface area contributed by atoms with Crippen LogP contribution in [0.15, 0.2) is 22.9 Å². The van der Waals surface area contributed by atoms with Gasteiger partial charge in [0.2, 0.25) is 5.91 Å². The van der Waals surface area contributed by atoms with Gasteiger partial charge in [-0.15, -0.1) is 0 Å². The van der Waals surface area contributed by atoms with E-state index in [1.54, 1.807) is 23.7 Å². The fraction of sp³-hybridized carbons (Fsp3) is 0.286. The zero-order chi connectivity index (χ0) is 15.0. The first kappa shape index (κ1) is 13.3. The minimum Gasteiger partial charge on any atom is -0.361 e. The molecule has 7 heteroatoms. The first-order chi connectivity index (χ1) is 10.0. The van der Waals surface area contributed by atoms with Crippen LogP contribution in [0.4, 0.5) is 5.69 Å². The van der Waals surface area contributed by atoms with Gasteiger partial charge in [-0.2, -0.15) is 5.10 Å². The maximum absolute atomic E-state index is 12.2. The number of pyridine rings is 1. The zero-order valence-electron chi connectivity index (χ0n) is 12.0. The van der Waals surface area contributed by atoms with E-state index in [0.29, 0.717) is 22.9 Å². The van der Waals surface area contributed by atoms with Crippen LogP contribution < -0.4 is 5.32 Å². The molecule has 1 N–H and O–H groups in total. The molecular weight excluding hydrogens is 270 g/mol. The van der Waals surface area contributed by atoms with Crippen LogP contribution in [0, 0.1) is 20.8 Å². The Kier molecular flexibility index (Phi) is 3.17. The molecule has 3 rings (SSSR count). The molecule has 0 aliphatic carbocycles. The van der Waals surface area contributed by atoms with Crippen LogP contribution in [0.2, 0.25) is 0 Å². The van der Waals surface area contributed by atoms with Crippen LogP contribution in [0.25, 0.3) is 5.65 Å². The van der Waals surface area contributed by atoms with Crippen LogP contribution in [-0.2, 0) is 11.2 Å². The smallest absolute Gasteiger partial charge is 0.229 e. The topological polar surface area (TPSA) is 85.3 Å². The number of rotatable bonds is 3. The number of hydrogen-bond donors (Lipinski definition) is 1. The summed E-state index contributed by atoms with van der Waals surface area (Å²) in [4.78, 5) is 16.5. The second-order valence-corrected chi connectivity index (χ2v) is 4.88. The van der Waals surface area contributed by atoms with Crippen LogP contribution in [0.3, 0.4) is 0 Å². The molecular formula is C14H15N5O2. The minimum atomic E-state index is -0.141. The Morgan fingerprint density at radius 3 is 2.90 bits per heavy atom. The van der Waals surface area contributed by atoms with Crippen LogP contribution in [-0.4, -0.2) is 25.7 Å². The summed E-state index contributed by atoms with van der Waals surface area (Å²) < 4.78 is 6.70. The highest BCUT2D eigenvalue weighted by Crippen LogP contribution is 2.17. The number of fused-ring (bicyclic) bond motifs is 1. The van der Waals surface area contributed by atoms with Crippen molar-refractivity contribution in [2.45, 2.75) is 27.2 Å². The van der Waals surface area contributed by atoms with Crippen LogP contribution >= 0.6 is 0 Å². The summed E-state index contributed by atoms with van der Waals surface area (Å²) in [6.45, 7) is 5.43. The molecule has 3 aromatic rings. The highest BCUT2D eigenvalue weighted by Gasteiger charge is 2.15. The first-order valence-corrected chi connectivity index (χ1v) is 6.58. The maximum atomic E-state index is 12.2. The van der Waals surface area contributed by atoms with E-state index in [-0.39, 0.29) is 12.3 Å². The second kappa shape index (κ2) is 5.01. The summed E-state index contributed by atoms with van der Waals surface area (Å²) in [6.07, 6.45) is 2.01. The van der Waals surface area contributed by atoms with Gasteiger partial charge in [-0.3, -0.25) is 4.79 Å². The summed E-state index contributed by atoms with van der Waals surface area (Å²) in [5.74, 6) is 1.18. The lowest BCUT2D eigenvalue weighted by Crippen LogP contribution is -2.16. The third kappa shape index (κ3) is 2.49. The van der Waals surface area contributed by atoms with E-state index in [1.807, 2.05) is 19.9 Å². The van der Waals surface area contributed by atoms with E-state index >= 15 is 0 Å². The monoisotopic (exact) mass is 285 g/mol. The number of carbonyl (C=O) groups is 1. The van der Waals surface area contributed by atoms with Crippen molar-refractivity contribution in [1.82, 2.24) is 19.8 Å². The Hall–Kier alpha value is -2.70. The van der Waals surface area contributed by atoms with Gasteiger partial charge in [0.05, 0.1) is 17.8 Å². The van der Waals surface area contributed by atoms with Gasteiger partial charge < -0.3 is 9.84 Å². The lowest BCUT2D eigenvalue weighted by atomic mass is 10.1. The molecule has 0 radical (unpaired) electrons. The Morgan fingerprint density at radius 2 is 2.19 bits per heavy atom. The molecule has 0 unspecified atom stereocenters. The third-order valence-electron chi connectivity index (χ3n) is 3.26. The third-order valence-corrected chi connectivity index (χ3v) is 3.26. The summed E-state index contributed by atoms with van der Waals surface area (Å²) in [6, 6.07) is 3.61. The number of nitrogens with zero attached hydrogens (tertiary/aromatic N) is 4. The van der Waals surface area contributed by atoms with Crippen LogP contribution in [0.1, 0.15) is 22.8 Å². The molecule has 7 nitrogen and oxygen atoms in total. The standard InChI is InChI=1S/C14H15N5O2/c1-8-11(9(2)21-18-8)7-13(20)16-12-5-4-6-19-14(12)15-10(3)17-19/h4-6H,7H2,1-3H3,(H,16,20). The molecule has 0 bridgehead atoms. The van der Waals surface area contributed by atoms with Crippen molar-refractivity contribution in [1.29, 1.82) is 0 Å². The molecule has 21 heavy (non-hydrogen) atoms. The number of nitrogens with one attached hydrogen (secondary N) is 1. The van der Waals surface area contributed by atoms with Gasteiger partial charge in [-0.1, -0.05) is 5.16 Å². The van der Waals surface area contributed by atoms with Crippen molar-refractivity contribution in [3.8, 4) is 0 Å². The van der Waals surface area contributed by atoms with Crippen molar-refractivity contribution in [3.63, 3.8) is 0 Å². The summed E-state index contributed by atoms with van der Waals surface area (Å²) >= 11 is 0. The lowest BCUT2D eigenvalue weighted by molar-refractivity contribution is -0.115. The van der Waals surface area contributed by atoms with Crippen molar-refractivity contribution >= 4 is 17.2 Å². The molecule has 0 saturated carbocycles. The first-order valence-electron chi connectivity index (χ1n) is 6.58. The fourth-order valence-corrected chi connectivity index (χ4v) is 2.22. The quantitative estimate of drug-likeness (QED) is 0.793. The predicted molar refractivity (Wildman–Crippen MR) is 76.0 cm³/mol. The molecule has 0 saturated heterocycles. The van der Waals surface area contributed by atoms with Crippen molar-refractivity contribution in [2.75, 3.05) is 5.32 Å². The molecule has 0 fully saturated rings. The summed E-state index contributed by atoms with van der Waals surface area (Å²) in [7, 11) is 0. The number of anilines is 1. The number of aryl methyl sites for hydroxylation is 3. The maximum Gasteiger partial charge on any atom is 0.229 e. The van der Waals surface area contributed by atoms with Crippen molar-refractivity contribution < 1.29 is 9.32 Å². The minimum absolute atomic E-state index is 0.141. The lowest BCUT2D eigenvalue weighted by Gasteiger charge is -2.05. The summed E-state index contributed by atoms with van der Waals surface area (Å²) in [5.41, 5.74) is 2.81. The van der Waals surface area contributed by atoms with Gasteiger partial charge in [0.25, 0.3) is 0 Å². The van der Waals surface area contributed by atoms with E-state index in [9.17, 15) is 4.79 Å². The molecule has 0 aliphatic heterocycles. The zero-order valence-corrected chi connectivity index (χ0v) is 12.0. The SMILES string of the molecule is Cc1nc2c(NC(=O)Cc3c(C)noc3C)cccn2n1. The molecule has 1 amide bonds. The van der Waals surface area contributed by atoms with Gasteiger partial charge in [0, 0.05) is 11.8 Å².